The number of nitrogens with zero attached hydrogens (tertiary/aromatic N) is 3. The van der Waals surface area contributed by atoms with Gasteiger partial charge in [-0.25, -0.2) is 0 Å². The van der Waals surface area contributed by atoms with Crippen LogP contribution in [0.5, 0.6) is 5.75 Å². The van der Waals surface area contributed by atoms with E-state index in [9.17, 15) is 4.79 Å². The molecular weight excluding hydrogens is 372 g/mol. The number of rotatable bonds is 8. The minimum absolute atomic E-state index is 0.0858. The molecule has 0 aliphatic heterocycles. The molecule has 0 bridgehead atoms. The molecule has 0 aliphatic carbocycles. The average molecular weight is 389 g/mol. The molecule has 1 aromatic heterocycles. The quantitative estimate of drug-likeness (QED) is 0.474. The summed E-state index contributed by atoms with van der Waals surface area (Å²) >= 11 is 7.15. The summed E-state index contributed by atoms with van der Waals surface area (Å²) in [6.07, 6.45) is 1.63. The van der Waals surface area contributed by atoms with Gasteiger partial charge in [-0.2, -0.15) is 0 Å². The highest BCUT2D eigenvalue weighted by atomic mass is 35.5. The van der Waals surface area contributed by atoms with Crippen molar-refractivity contribution in [2.75, 3.05) is 18.9 Å². The van der Waals surface area contributed by atoms with Gasteiger partial charge in [0, 0.05) is 10.7 Å². The molecule has 0 fully saturated rings. The van der Waals surface area contributed by atoms with Crippen molar-refractivity contribution in [2.45, 2.75) is 5.16 Å². The highest BCUT2D eigenvalue weighted by Gasteiger charge is 2.09. The Balaban J connectivity index is 1.41. The summed E-state index contributed by atoms with van der Waals surface area (Å²) < 4.78 is 7.38. The molecule has 26 heavy (non-hydrogen) atoms. The second kappa shape index (κ2) is 9.26. The molecule has 6 nitrogen and oxygen atoms in total. The lowest BCUT2D eigenvalue weighted by Gasteiger charge is -2.08. The molecular formula is C18H17ClN4O2S. The Morgan fingerprint density at radius 2 is 1.92 bits per heavy atom. The molecule has 0 atom stereocenters. The third-order valence-corrected chi connectivity index (χ3v) is 4.58. The normalized spacial score (nSPS) is 10.5. The number of nitrogens with one attached hydrogen (secondary N) is 1. The standard InChI is InChI=1S/C18H17ClN4O2S/c19-14-6-8-16(9-7-14)25-11-10-20-17(24)12-26-18-22-21-13-23(18)15-4-2-1-3-5-15/h1-9,13H,10-12H2,(H,20,24). The van der Waals surface area contributed by atoms with Crippen molar-refractivity contribution in [3.8, 4) is 11.4 Å². The summed E-state index contributed by atoms with van der Waals surface area (Å²) in [5.74, 6) is 0.887. The first-order valence-electron chi connectivity index (χ1n) is 7.96. The van der Waals surface area contributed by atoms with E-state index in [1.165, 1.54) is 11.8 Å². The Morgan fingerprint density at radius 1 is 1.15 bits per heavy atom. The lowest BCUT2D eigenvalue weighted by molar-refractivity contribution is -0.118. The molecule has 0 aliphatic rings. The van der Waals surface area contributed by atoms with Crippen molar-refractivity contribution in [3.63, 3.8) is 0 Å². The first-order valence-corrected chi connectivity index (χ1v) is 9.32. The molecule has 0 saturated heterocycles. The molecule has 1 N–H and O–H groups in total. The van der Waals surface area contributed by atoms with Crippen LogP contribution in [0.25, 0.3) is 5.69 Å². The molecule has 0 spiro atoms. The fourth-order valence-corrected chi connectivity index (χ4v) is 3.04. The second-order valence-corrected chi connectivity index (χ2v) is 6.64. The van der Waals surface area contributed by atoms with Gasteiger partial charge in [-0.3, -0.25) is 9.36 Å². The van der Waals surface area contributed by atoms with Crippen LogP contribution in [-0.4, -0.2) is 39.6 Å². The van der Waals surface area contributed by atoms with Crippen molar-refractivity contribution in [1.82, 2.24) is 20.1 Å². The van der Waals surface area contributed by atoms with Gasteiger partial charge >= 0.3 is 0 Å². The molecule has 3 rings (SSSR count). The van der Waals surface area contributed by atoms with Crippen LogP contribution < -0.4 is 10.1 Å². The van der Waals surface area contributed by atoms with Gasteiger partial charge in [0.15, 0.2) is 5.16 Å². The molecule has 2 aromatic carbocycles. The van der Waals surface area contributed by atoms with Crippen molar-refractivity contribution >= 4 is 29.3 Å². The first-order chi connectivity index (χ1) is 12.7. The monoisotopic (exact) mass is 388 g/mol. The molecule has 0 unspecified atom stereocenters. The van der Waals surface area contributed by atoms with Gasteiger partial charge in [-0.05, 0) is 36.4 Å². The van der Waals surface area contributed by atoms with E-state index in [4.69, 9.17) is 16.3 Å². The molecule has 134 valence electrons. The zero-order chi connectivity index (χ0) is 18.2. The Bertz CT molecular complexity index is 840. The summed E-state index contributed by atoms with van der Waals surface area (Å²) in [7, 11) is 0. The zero-order valence-electron chi connectivity index (χ0n) is 13.8. The first kappa shape index (κ1) is 18.3. The summed E-state index contributed by atoms with van der Waals surface area (Å²) in [4.78, 5) is 12.0. The number of ether oxygens (including phenoxy) is 1. The highest BCUT2D eigenvalue weighted by molar-refractivity contribution is 7.99. The van der Waals surface area contributed by atoms with Crippen LogP contribution >= 0.6 is 23.4 Å². The Labute approximate surface area is 160 Å². The number of halogens is 1. The van der Waals surface area contributed by atoms with Gasteiger partial charge in [-0.15, -0.1) is 10.2 Å². The van der Waals surface area contributed by atoms with Gasteiger partial charge < -0.3 is 10.1 Å². The van der Waals surface area contributed by atoms with Gasteiger partial charge in [0.1, 0.15) is 18.7 Å². The number of aromatic nitrogens is 3. The predicted molar refractivity (Wildman–Crippen MR) is 102 cm³/mol. The van der Waals surface area contributed by atoms with Crippen molar-refractivity contribution < 1.29 is 9.53 Å². The fourth-order valence-electron chi connectivity index (χ4n) is 2.16. The van der Waals surface area contributed by atoms with E-state index in [2.05, 4.69) is 15.5 Å². The van der Waals surface area contributed by atoms with E-state index < -0.39 is 0 Å². The molecule has 1 heterocycles. The van der Waals surface area contributed by atoms with E-state index >= 15 is 0 Å². The Hall–Kier alpha value is -2.51. The maximum absolute atomic E-state index is 12.0. The number of para-hydroxylation sites is 1. The summed E-state index contributed by atoms with van der Waals surface area (Å²) in [5, 5.41) is 12.1. The molecule has 0 saturated carbocycles. The minimum atomic E-state index is -0.0858. The van der Waals surface area contributed by atoms with Gasteiger partial charge in [-0.1, -0.05) is 41.6 Å². The van der Waals surface area contributed by atoms with Crippen LogP contribution in [-0.2, 0) is 4.79 Å². The lowest BCUT2D eigenvalue weighted by Crippen LogP contribution is -2.29. The predicted octanol–water partition coefficient (Wildman–Crippen LogP) is 3.21. The van der Waals surface area contributed by atoms with Crippen molar-refractivity contribution in [3.05, 3.63) is 65.9 Å². The minimum Gasteiger partial charge on any atom is -0.492 e. The Kier molecular flexibility index (Phi) is 6.51. The van der Waals surface area contributed by atoms with E-state index in [0.717, 1.165) is 5.69 Å². The summed E-state index contributed by atoms with van der Waals surface area (Å²) in [6, 6.07) is 16.8. The van der Waals surface area contributed by atoms with E-state index in [0.29, 0.717) is 29.1 Å². The van der Waals surface area contributed by atoms with Crippen LogP contribution in [0.3, 0.4) is 0 Å². The number of amides is 1. The topological polar surface area (TPSA) is 69.0 Å². The highest BCUT2D eigenvalue weighted by Crippen LogP contribution is 2.19. The number of hydrogen-bond donors (Lipinski definition) is 1. The lowest BCUT2D eigenvalue weighted by atomic mass is 10.3. The average Bonchev–Trinajstić information content (AvgIpc) is 3.14. The molecule has 8 heteroatoms. The van der Waals surface area contributed by atoms with Gasteiger partial charge in [0.25, 0.3) is 0 Å². The number of carbonyl (C=O) groups is 1. The third kappa shape index (κ3) is 5.24. The largest absolute Gasteiger partial charge is 0.492 e. The number of hydrogen-bond acceptors (Lipinski definition) is 5. The smallest absolute Gasteiger partial charge is 0.230 e. The number of carbonyl (C=O) groups excluding carboxylic acids is 1. The third-order valence-electron chi connectivity index (χ3n) is 3.39. The van der Waals surface area contributed by atoms with E-state index in [1.807, 2.05) is 34.9 Å². The van der Waals surface area contributed by atoms with E-state index in [-0.39, 0.29) is 11.7 Å². The maximum Gasteiger partial charge on any atom is 0.230 e. The van der Waals surface area contributed by atoms with E-state index in [1.54, 1.807) is 30.6 Å². The van der Waals surface area contributed by atoms with Crippen LogP contribution in [0, 0.1) is 0 Å². The van der Waals surface area contributed by atoms with Crippen LogP contribution in [0.2, 0.25) is 5.02 Å². The molecule has 0 radical (unpaired) electrons. The second-order valence-electron chi connectivity index (χ2n) is 5.26. The van der Waals surface area contributed by atoms with Crippen molar-refractivity contribution in [1.29, 1.82) is 0 Å². The molecule has 3 aromatic rings. The summed E-state index contributed by atoms with van der Waals surface area (Å²) in [5.41, 5.74) is 0.955. The zero-order valence-corrected chi connectivity index (χ0v) is 15.4. The fraction of sp³-hybridized carbons (Fsp3) is 0.167. The Morgan fingerprint density at radius 3 is 2.69 bits per heavy atom. The number of benzene rings is 2. The summed E-state index contributed by atoms with van der Waals surface area (Å²) in [6.45, 7) is 0.811. The van der Waals surface area contributed by atoms with Crippen molar-refractivity contribution in [2.24, 2.45) is 0 Å². The molecule has 1 amide bonds. The maximum atomic E-state index is 12.0. The van der Waals surface area contributed by atoms with Gasteiger partial charge in [0.2, 0.25) is 5.91 Å². The van der Waals surface area contributed by atoms with Gasteiger partial charge in [0.05, 0.1) is 12.3 Å². The SMILES string of the molecule is O=C(CSc1nncn1-c1ccccc1)NCCOc1ccc(Cl)cc1. The van der Waals surface area contributed by atoms with Crippen LogP contribution in [0.4, 0.5) is 0 Å². The van der Waals surface area contributed by atoms with Crippen LogP contribution in [0.15, 0.2) is 66.1 Å². The van der Waals surface area contributed by atoms with Crippen LogP contribution in [0.1, 0.15) is 0 Å². The number of thioether (sulfide) groups is 1.